The summed E-state index contributed by atoms with van der Waals surface area (Å²) in [6, 6.07) is 6.52. The molecule has 1 radical (unpaired) electrons. The first-order chi connectivity index (χ1) is 8.02. The summed E-state index contributed by atoms with van der Waals surface area (Å²) in [5.41, 5.74) is 1.06. The van der Waals surface area contributed by atoms with Gasteiger partial charge in [-0.2, -0.15) is 0 Å². The predicted molar refractivity (Wildman–Crippen MR) is 74.2 cm³/mol. The maximum atomic E-state index is 12.8. The van der Waals surface area contributed by atoms with Crippen LogP contribution in [0.2, 0.25) is 0 Å². The van der Waals surface area contributed by atoms with E-state index in [0.29, 0.717) is 19.0 Å². The molecule has 1 aromatic carbocycles. The van der Waals surface area contributed by atoms with Gasteiger partial charge in [-0.1, -0.05) is 38.2 Å². The number of rotatable bonds is 5. The van der Waals surface area contributed by atoms with Gasteiger partial charge in [-0.05, 0) is 30.5 Å². The average molecular weight is 252 g/mol. The molecule has 0 atom stereocenters. The van der Waals surface area contributed by atoms with Crippen molar-refractivity contribution in [3.8, 4) is 0 Å². The lowest BCUT2D eigenvalue weighted by Gasteiger charge is -2.24. The summed E-state index contributed by atoms with van der Waals surface area (Å²) in [5, 5.41) is 0. The Kier molecular flexibility index (Phi) is 5.56. The third-order valence-electron chi connectivity index (χ3n) is 2.49. The van der Waals surface area contributed by atoms with Crippen LogP contribution in [-0.2, 0) is 6.54 Å². The topological polar surface area (TPSA) is 3.24 Å². The van der Waals surface area contributed by atoms with Crippen LogP contribution in [0.5, 0.6) is 0 Å². The van der Waals surface area contributed by atoms with Crippen molar-refractivity contribution in [3.05, 3.63) is 42.6 Å². The summed E-state index contributed by atoms with van der Waals surface area (Å²) in [4.78, 5) is 2.99. The number of nitrogens with zero attached hydrogens (tertiary/aromatic N) is 1. The zero-order valence-corrected chi connectivity index (χ0v) is 11.3. The molecule has 1 aromatic rings. The van der Waals surface area contributed by atoms with Gasteiger partial charge in [0.2, 0.25) is 0 Å². The van der Waals surface area contributed by atoms with Crippen molar-refractivity contribution in [2.75, 3.05) is 6.54 Å². The fourth-order valence-corrected chi connectivity index (χ4v) is 2.07. The summed E-state index contributed by atoms with van der Waals surface area (Å²) in [6.45, 7) is 9.53. The predicted octanol–water partition coefficient (Wildman–Crippen LogP) is 3.84. The third-order valence-corrected chi connectivity index (χ3v) is 2.92. The maximum absolute atomic E-state index is 12.8. The highest BCUT2D eigenvalue weighted by atomic mass is 32.1. The van der Waals surface area contributed by atoms with Crippen molar-refractivity contribution in [2.24, 2.45) is 5.92 Å². The minimum Gasteiger partial charge on any atom is -0.362 e. The molecule has 0 aromatic heterocycles. The molecule has 0 N–H and O–H groups in total. The van der Waals surface area contributed by atoms with Crippen LogP contribution >= 0.6 is 12.2 Å². The Bertz CT molecular complexity index is 359. The molecule has 0 spiro atoms. The number of hydrogen-bond donors (Lipinski definition) is 0. The minimum absolute atomic E-state index is 0.209. The molecule has 93 valence electrons. The van der Waals surface area contributed by atoms with Gasteiger partial charge in [0, 0.05) is 19.5 Å². The first kappa shape index (κ1) is 14.1. The quantitative estimate of drug-likeness (QED) is 0.733. The van der Waals surface area contributed by atoms with E-state index < -0.39 is 0 Å². The summed E-state index contributed by atoms with van der Waals surface area (Å²) >= 11 is 5.39. The molecule has 0 aliphatic carbocycles. The molecule has 0 aliphatic heterocycles. The Morgan fingerprint density at radius 1 is 1.35 bits per heavy atom. The van der Waals surface area contributed by atoms with E-state index in [1.807, 2.05) is 0 Å². The SMILES string of the molecule is [CH2]CN(Cc1ccc(F)cc1)C(=S)CC(C)C. The van der Waals surface area contributed by atoms with Crippen LogP contribution in [0.1, 0.15) is 25.8 Å². The molecule has 0 saturated heterocycles. The van der Waals surface area contributed by atoms with Crippen LogP contribution < -0.4 is 0 Å². The van der Waals surface area contributed by atoms with E-state index in [1.54, 1.807) is 12.1 Å². The molecule has 0 saturated carbocycles. The van der Waals surface area contributed by atoms with Crippen LogP contribution in [0.25, 0.3) is 0 Å². The van der Waals surface area contributed by atoms with Crippen LogP contribution in [0.3, 0.4) is 0 Å². The molecule has 0 amide bonds. The van der Waals surface area contributed by atoms with Gasteiger partial charge >= 0.3 is 0 Å². The van der Waals surface area contributed by atoms with Gasteiger partial charge in [0.05, 0.1) is 4.99 Å². The van der Waals surface area contributed by atoms with E-state index in [2.05, 4.69) is 25.7 Å². The summed E-state index contributed by atoms with van der Waals surface area (Å²) in [5.74, 6) is 0.337. The lowest BCUT2D eigenvalue weighted by atomic mass is 10.1. The van der Waals surface area contributed by atoms with Gasteiger partial charge in [0.15, 0.2) is 0 Å². The number of halogens is 1. The van der Waals surface area contributed by atoms with Crippen LogP contribution in [0, 0.1) is 18.7 Å². The molecule has 17 heavy (non-hydrogen) atoms. The van der Waals surface area contributed by atoms with E-state index in [0.717, 1.165) is 17.0 Å². The van der Waals surface area contributed by atoms with Crippen LogP contribution in [0.4, 0.5) is 4.39 Å². The van der Waals surface area contributed by atoms with Gasteiger partial charge in [-0.25, -0.2) is 4.39 Å². The minimum atomic E-state index is -0.209. The highest BCUT2D eigenvalue weighted by molar-refractivity contribution is 7.80. The average Bonchev–Trinajstić information content (AvgIpc) is 2.27. The first-order valence-electron chi connectivity index (χ1n) is 5.84. The van der Waals surface area contributed by atoms with Crippen LogP contribution in [0.15, 0.2) is 24.3 Å². The second-order valence-corrected chi connectivity index (χ2v) is 5.01. The molecule has 0 heterocycles. The smallest absolute Gasteiger partial charge is 0.123 e. The molecule has 0 bridgehead atoms. The Labute approximate surface area is 109 Å². The zero-order chi connectivity index (χ0) is 12.8. The highest BCUT2D eigenvalue weighted by Crippen LogP contribution is 2.11. The number of benzene rings is 1. The lowest BCUT2D eigenvalue weighted by Crippen LogP contribution is -2.29. The second kappa shape index (κ2) is 6.70. The number of hydrogen-bond acceptors (Lipinski definition) is 1. The molecule has 0 fully saturated rings. The highest BCUT2D eigenvalue weighted by Gasteiger charge is 2.09. The molecule has 0 unspecified atom stereocenters. The van der Waals surface area contributed by atoms with Crippen LogP contribution in [-0.4, -0.2) is 16.4 Å². The second-order valence-electron chi connectivity index (χ2n) is 4.54. The van der Waals surface area contributed by atoms with Crippen molar-refractivity contribution >= 4 is 17.2 Å². The third kappa shape index (κ3) is 4.82. The maximum Gasteiger partial charge on any atom is 0.123 e. The van der Waals surface area contributed by atoms with Gasteiger partial charge in [0.25, 0.3) is 0 Å². The Morgan fingerprint density at radius 3 is 2.41 bits per heavy atom. The monoisotopic (exact) mass is 252 g/mol. The van der Waals surface area contributed by atoms with E-state index in [1.165, 1.54) is 12.1 Å². The normalized spacial score (nSPS) is 10.6. The van der Waals surface area contributed by atoms with Gasteiger partial charge < -0.3 is 4.90 Å². The van der Waals surface area contributed by atoms with Gasteiger partial charge in [0.1, 0.15) is 5.82 Å². The largest absolute Gasteiger partial charge is 0.362 e. The van der Waals surface area contributed by atoms with Crippen molar-refractivity contribution in [3.63, 3.8) is 0 Å². The van der Waals surface area contributed by atoms with E-state index in [9.17, 15) is 4.39 Å². The zero-order valence-electron chi connectivity index (χ0n) is 10.4. The van der Waals surface area contributed by atoms with E-state index >= 15 is 0 Å². The molecular formula is C14H19FNS. The van der Waals surface area contributed by atoms with Crippen molar-refractivity contribution in [1.82, 2.24) is 4.90 Å². The fraction of sp³-hybridized carbons (Fsp3) is 0.429. The summed E-state index contributed by atoms with van der Waals surface area (Å²) in [6.07, 6.45) is 0.895. The first-order valence-corrected chi connectivity index (χ1v) is 6.25. The summed E-state index contributed by atoms with van der Waals surface area (Å²) in [7, 11) is 0. The standard InChI is InChI=1S/C14H19FNS/c1-4-16(14(17)9-11(2)3)10-12-5-7-13(15)8-6-12/h5-8,11H,1,4,9-10H2,2-3H3. The Morgan fingerprint density at radius 2 is 1.94 bits per heavy atom. The molecule has 1 rings (SSSR count). The van der Waals surface area contributed by atoms with Crippen molar-refractivity contribution < 1.29 is 4.39 Å². The summed E-state index contributed by atoms with van der Waals surface area (Å²) < 4.78 is 12.8. The molecule has 3 heteroatoms. The molecule has 1 nitrogen and oxygen atoms in total. The lowest BCUT2D eigenvalue weighted by molar-refractivity contribution is 0.443. The molecule has 0 aliphatic rings. The van der Waals surface area contributed by atoms with Crippen molar-refractivity contribution in [2.45, 2.75) is 26.8 Å². The van der Waals surface area contributed by atoms with Gasteiger partial charge in [-0.15, -0.1) is 0 Å². The van der Waals surface area contributed by atoms with Gasteiger partial charge in [-0.3, -0.25) is 0 Å². The van der Waals surface area contributed by atoms with E-state index in [4.69, 9.17) is 12.2 Å². The number of thiocarbonyl (C=S) groups is 1. The van der Waals surface area contributed by atoms with E-state index in [-0.39, 0.29) is 5.82 Å². The Balaban J connectivity index is 2.63. The fourth-order valence-electron chi connectivity index (χ4n) is 1.58. The molecular weight excluding hydrogens is 233 g/mol. The van der Waals surface area contributed by atoms with Crippen molar-refractivity contribution in [1.29, 1.82) is 0 Å². The Hall–Kier alpha value is -0.960.